The first-order valence-electron chi connectivity index (χ1n) is 7.89. The van der Waals surface area contributed by atoms with E-state index in [1.807, 2.05) is 18.2 Å². The molecule has 0 saturated carbocycles. The Balaban J connectivity index is 1.65. The van der Waals surface area contributed by atoms with Crippen LogP contribution in [0.4, 0.5) is 0 Å². The van der Waals surface area contributed by atoms with Gasteiger partial charge in [0.25, 0.3) is 0 Å². The molecule has 0 amide bonds. The second kappa shape index (κ2) is 5.30. The fraction of sp³-hybridized carbons (Fsp3) is 0.158. The number of nitrogens with one attached hydrogen (secondary N) is 1. The molecule has 0 aliphatic carbocycles. The van der Waals surface area contributed by atoms with Crippen molar-refractivity contribution in [3.63, 3.8) is 0 Å². The SMILES string of the molecule is Clc1cccc2c1-n1cccc1C(c1ccc3c(c1)OCO3)NC2. The highest BCUT2D eigenvalue weighted by Gasteiger charge is 2.25. The lowest BCUT2D eigenvalue weighted by Gasteiger charge is -2.18. The van der Waals surface area contributed by atoms with Crippen molar-refractivity contribution in [3.8, 4) is 17.2 Å². The van der Waals surface area contributed by atoms with Crippen molar-refractivity contribution in [3.05, 3.63) is 76.6 Å². The van der Waals surface area contributed by atoms with Crippen molar-refractivity contribution in [1.82, 2.24) is 9.88 Å². The van der Waals surface area contributed by atoms with Gasteiger partial charge in [0.2, 0.25) is 6.79 Å². The lowest BCUT2D eigenvalue weighted by Crippen LogP contribution is -2.21. The molecule has 0 fully saturated rings. The standard InChI is InChI=1S/C19H15ClN2O2/c20-14-4-1-3-13-10-21-18(15-5-2-8-22(15)19(13)14)12-6-7-16-17(9-12)24-11-23-16/h1-9,18,21H,10-11H2. The fourth-order valence-corrected chi connectivity index (χ4v) is 3.79. The highest BCUT2D eigenvalue weighted by molar-refractivity contribution is 6.32. The Bertz CT molecular complexity index is 935. The average molecular weight is 339 g/mol. The Labute approximate surface area is 144 Å². The van der Waals surface area contributed by atoms with E-state index < -0.39 is 0 Å². The molecule has 4 nitrogen and oxygen atoms in total. The average Bonchev–Trinajstić information content (AvgIpc) is 3.21. The molecule has 1 unspecified atom stereocenters. The Morgan fingerprint density at radius 1 is 1.04 bits per heavy atom. The lowest BCUT2D eigenvalue weighted by atomic mass is 10.0. The zero-order valence-corrected chi connectivity index (χ0v) is 13.6. The van der Waals surface area contributed by atoms with E-state index in [2.05, 4.69) is 46.4 Å². The number of aromatic nitrogens is 1. The summed E-state index contributed by atoms with van der Waals surface area (Å²) >= 11 is 6.48. The van der Waals surface area contributed by atoms with E-state index in [4.69, 9.17) is 21.1 Å². The van der Waals surface area contributed by atoms with Gasteiger partial charge in [-0.3, -0.25) is 0 Å². The summed E-state index contributed by atoms with van der Waals surface area (Å²) in [5.41, 5.74) is 4.53. The third-order valence-electron chi connectivity index (χ3n) is 4.61. The molecule has 5 heteroatoms. The van der Waals surface area contributed by atoms with E-state index in [0.29, 0.717) is 0 Å². The van der Waals surface area contributed by atoms with Gasteiger partial charge in [-0.1, -0.05) is 29.8 Å². The van der Waals surface area contributed by atoms with E-state index in [0.717, 1.165) is 40.0 Å². The molecule has 1 atom stereocenters. The summed E-state index contributed by atoms with van der Waals surface area (Å²) in [7, 11) is 0. The first kappa shape index (κ1) is 14.0. The minimum atomic E-state index is 0.0537. The van der Waals surface area contributed by atoms with Gasteiger partial charge in [-0.25, -0.2) is 0 Å². The molecular formula is C19H15ClN2O2. The van der Waals surface area contributed by atoms with Gasteiger partial charge < -0.3 is 19.4 Å². The Morgan fingerprint density at radius 3 is 2.92 bits per heavy atom. The number of benzene rings is 2. The second-order valence-corrected chi connectivity index (χ2v) is 6.38. The smallest absolute Gasteiger partial charge is 0.231 e. The minimum Gasteiger partial charge on any atom is -0.454 e. The van der Waals surface area contributed by atoms with Gasteiger partial charge in [-0.15, -0.1) is 0 Å². The Hall–Kier alpha value is -2.43. The molecule has 2 aliphatic rings. The van der Waals surface area contributed by atoms with Crippen LogP contribution in [-0.4, -0.2) is 11.4 Å². The fourth-order valence-electron chi connectivity index (χ4n) is 3.50. The highest BCUT2D eigenvalue weighted by Crippen LogP contribution is 2.38. The Morgan fingerprint density at radius 2 is 1.96 bits per heavy atom. The molecule has 24 heavy (non-hydrogen) atoms. The van der Waals surface area contributed by atoms with E-state index in [-0.39, 0.29) is 12.8 Å². The predicted molar refractivity (Wildman–Crippen MR) is 92.0 cm³/mol. The lowest BCUT2D eigenvalue weighted by molar-refractivity contribution is 0.174. The van der Waals surface area contributed by atoms with Crippen molar-refractivity contribution in [2.45, 2.75) is 12.6 Å². The first-order valence-corrected chi connectivity index (χ1v) is 8.27. The molecule has 5 rings (SSSR count). The van der Waals surface area contributed by atoms with Gasteiger partial charge in [-0.2, -0.15) is 0 Å². The zero-order valence-electron chi connectivity index (χ0n) is 12.8. The molecule has 0 bridgehead atoms. The van der Waals surface area contributed by atoms with E-state index in [9.17, 15) is 0 Å². The molecule has 2 aliphatic heterocycles. The first-order chi connectivity index (χ1) is 11.8. The summed E-state index contributed by atoms with van der Waals surface area (Å²) in [6.45, 7) is 1.03. The molecule has 3 heterocycles. The quantitative estimate of drug-likeness (QED) is 0.727. The van der Waals surface area contributed by atoms with Crippen LogP contribution < -0.4 is 14.8 Å². The molecule has 3 aromatic rings. The second-order valence-electron chi connectivity index (χ2n) is 5.98. The van der Waals surface area contributed by atoms with E-state index >= 15 is 0 Å². The van der Waals surface area contributed by atoms with Crippen LogP contribution in [0.15, 0.2) is 54.7 Å². The maximum atomic E-state index is 6.48. The van der Waals surface area contributed by atoms with Crippen LogP contribution in [0.2, 0.25) is 5.02 Å². The summed E-state index contributed by atoms with van der Waals surface area (Å²) in [6, 6.07) is 16.4. The monoisotopic (exact) mass is 338 g/mol. The van der Waals surface area contributed by atoms with Crippen LogP contribution in [0, 0.1) is 0 Å². The number of hydrogen-bond acceptors (Lipinski definition) is 3. The number of rotatable bonds is 1. The van der Waals surface area contributed by atoms with Crippen molar-refractivity contribution >= 4 is 11.6 Å². The third kappa shape index (κ3) is 2.04. The van der Waals surface area contributed by atoms with Gasteiger partial charge in [0.15, 0.2) is 11.5 Å². The summed E-state index contributed by atoms with van der Waals surface area (Å²) in [5, 5.41) is 4.40. The molecule has 1 aromatic heterocycles. The zero-order chi connectivity index (χ0) is 16.1. The molecule has 0 spiro atoms. The summed E-state index contributed by atoms with van der Waals surface area (Å²) in [5.74, 6) is 1.60. The number of nitrogens with zero attached hydrogens (tertiary/aromatic N) is 1. The molecule has 120 valence electrons. The van der Waals surface area contributed by atoms with Crippen LogP contribution in [0.25, 0.3) is 5.69 Å². The maximum Gasteiger partial charge on any atom is 0.231 e. The normalized spacial score (nSPS) is 18.0. The highest BCUT2D eigenvalue weighted by atomic mass is 35.5. The third-order valence-corrected chi connectivity index (χ3v) is 4.92. The van der Waals surface area contributed by atoms with Crippen LogP contribution in [0.5, 0.6) is 11.5 Å². The van der Waals surface area contributed by atoms with Gasteiger partial charge >= 0.3 is 0 Å². The largest absolute Gasteiger partial charge is 0.454 e. The summed E-state index contributed by atoms with van der Waals surface area (Å²) in [4.78, 5) is 0. The summed E-state index contributed by atoms with van der Waals surface area (Å²) < 4.78 is 13.1. The molecule has 0 saturated heterocycles. The minimum absolute atomic E-state index is 0.0537. The van der Waals surface area contributed by atoms with Crippen molar-refractivity contribution in [2.75, 3.05) is 6.79 Å². The predicted octanol–water partition coefficient (Wildman–Crippen LogP) is 4.05. The molecule has 1 N–H and O–H groups in total. The van der Waals surface area contributed by atoms with E-state index in [1.54, 1.807) is 0 Å². The maximum absolute atomic E-state index is 6.48. The van der Waals surface area contributed by atoms with E-state index in [1.165, 1.54) is 5.56 Å². The number of ether oxygens (including phenoxy) is 2. The van der Waals surface area contributed by atoms with Gasteiger partial charge in [-0.05, 0) is 41.5 Å². The number of halogens is 1. The Kier molecular flexibility index (Phi) is 3.08. The molecule has 2 aromatic carbocycles. The number of hydrogen-bond donors (Lipinski definition) is 1. The van der Waals surface area contributed by atoms with Gasteiger partial charge in [0.05, 0.1) is 16.8 Å². The summed E-state index contributed by atoms with van der Waals surface area (Å²) in [6.07, 6.45) is 2.06. The van der Waals surface area contributed by atoms with Crippen LogP contribution in [0.1, 0.15) is 22.9 Å². The van der Waals surface area contributed by atoms with Gasteiger partial charge in [0, 0.05) is 18.4 Å². The van der Waals surface area contributed by atoms with Crippen LogP contribution >= 0.6 is 11.6 Å². The van der Waals surface area contributed by atoms with Crippen molar-refractivity contribution in [1.29, 1.82) is 0 Å². The van der Waals surface area contributed by atoms with Crippen molar-refractivity contribution in [2.24, 2.45) is 0 Å². The van der Waals surface area contributed by atoms with Crippen LogP contribution in [-0.2, 0) is 6.54 Å². The van der Waals surface area contributed by atoms with Crippen LogP contribution in [0.3, 0.4) is 0 Å². The number of fused-ring (bicyclic) bond motifs is 4. The van der Waals surface area contributed by atoms with Crippen molar-refractivity contribution < 1.29 is 9.47 Å². The molecule has 0 radical (unpaired) electrons. The topological polar surface area (TPSA) is 35.4 Å². The van der Waals surface area contributed by atoms with Gasteiger partial charge in [0.1, 0.15) is 0 Å². The molecular weight excluding hydrogens is 324 g/mol. The number of para-hydroxylation sites is 1.